The molecule has 1 aromatic carbocycles. The molecule has 1 rings (SSSR count). The average Bonchev–Trinajstić information content (AvgIpc) is 2.43. The van der Waals surface area contributed by atoms with E-state index in [9.17, 15) is 13.2 Å². The van der Waals surface area contributed by atoms with Crippen LogP contribution in [-0.4, -0.2) is 38.4 Å². The van der Waals surface area contributed by atoms with Crippen molar-refractivity contribution in [1.29, 1.82) is 0 Å². The number of hydrogen-bond donors (Lipinski definition) is 1. The molecule has 0 amide bonds. The van der Waals surface area contributed by atoms with Crippen molar-refractivity contribution in [2.45, 2.75) is 38.1 Å². The molecule has 0 fully saturated rings. The molecule has 0 aromatic heterocycles. The zero-order chi connectivity index (χ0) is 16.2. The van der Waals surface area contributed by atoms with Gasteiger partial charge in [-0.2, -0.15) is 4.31 Å². The summed E-state index contributed by atoms with van der Waals surface area (Å²) in [6, 6.07) is 4.26. The summed E-state index contributed by atoms with van der Waals surface area (Å²) in [5.41, 5.74) is 7.18. The fourth-order valence-electron chi connectivity index (χ4n) is 1.93. The molecule has 1 aromatic rings. The van der Waals surface area contributed by atoms with Gasteiger partial charge in [0.25, 0.3) is 0 Å². The Hall–Kier alpha value is -1.60. The van der Waals surface area contributed by atoms with Crippen LogP contribution >= 0.6 is 0 Å². The van der Waals surface area contributed by atoms with Gasteiger partial charge in [0.05, 0.1) is 12.0 Å². The molecule has 0 saturated carbocycles. The Morgan fingerprint density at radius 1 is 1.38 bits per heavy atom. The summed E-state index contributed by atoms with van der Waals surface area (Å²) >= 11 is 0. The number of methoxy groups -OCH3 is 1. The Labute approximate surface area is 125 Å². The summed E-state index contributed by atoms with van der Waals surface area (Å²) in [6.45, 7) is 5.01. The molecule has 0 spiro atoms. The normalized spacial score (nSPS) is 11.9. The zero-order valence-corrected chi connectivity index (χ0v) is 13.6. The molecule has 7 heteroatoms. The van der Waals surface area contributed by atoms with Gasteiger partial charge in [-0.15, -0.1) is 0 Å². The Morgan fingerprint density at radius 2 is 2.00 bits per heavy atom. The number of esters is 1. The molecule has 0 radical (unpaired) electrons. The van der Waals surface area contributed by atoms with E-state index in [-0.39, 0.29) is 17.5 Å². The molecule has 118 valence electrons. The van der Waals surface area contributed by atoms with Crippen molar-refractivity contribution in [3.63, 3.8) is 0 Å². The first-order chi connectivity index (χ1) is 9.73. The second kappa shape index (κ2) is 6.91. The molecule has 21 heavy (non-hydrogen) atoms. The average molecular weight is 314 g/mol. The SMILES string of the molecule is CCc1ccc(S(=O)(=O)N(CC(=O)OC)C(C)C)cc1N. The summed E-state index contributed by atoms with van der Waals surface area (Å²) in [5.74, 6) is -0.606. The van der Waals surface area contributed by atoms with Crippen LogP contribution in [0.2, 0.25) is 0 Å². The molecule has 0 atom stereocenters. The number of benzene rings is 1. The van der Waals surface area contributed by atoms with Gasteiger partial charge in [0.1, 0.15) is 6.54 Å². The topological polar surface area (TPSA) is 89.7 Å². The summed E-state index contributed by atoms with van der Waals surface area (Å²) in [4.78, 5) is 11.5. The summed E-state index contributed by atoms with van der Waals surface area (Å²) < 4.78 is 30.9. The lowest BCUT2D eigenvalue weighted by Gasteiger charge is -2.25. The molecular weight excluding hydrogens is 292 g/mol. The first-order valence-electron chi connectivity index (χ1n) is 6.71. The minimum atomic E-state index is -3.80. The van der Waals surface area contributed by atoms with Crippen molar-refractivity contribution >= 4 is 21.7 Å². The predicted molar refractivity (Wildman–Crippen MR) is 81.3 cm³/mol. The molecule has 0 aliphatic heterocycles. The van der Waals surface area contributed by atoms with Crippen molar-refractivity contribution in [3.05, 3.63) is 23.8 Å². The van der Waals surface area contributed by atoms with Crippen LogP contribution in [0.4, 0.5) is 5.69 Å². The Bertz CT molecular complexity index is 611. The van der Waals surface area contributed by atoms with Gasteiger partial charge in [-0.1, -0.05) is 13.0 Å². The van der Waals surface area contributed by atoms with E-state index in [2.05, 4.69) is 4.74 Å². The lowest BCUT2D eigenvalue weighted by Crippen LogP contribution is -2.41. The van der Waals surface area contributed by atoms with E-state index in [0.717, 1.165) is 16.3 Å². The van der Waals surface area contributed by atoms with E-state index >= 15 is 0 Å². The molecule has 0 aliphatic rings. The van der Waals surface area contributed by atoms with E-state index in [0.29, 0.717) is 5.69 Å². The van der Waals surface area contributed by atoms with Crippen LogP contribution in [0, 0.1) is 0 Å². The standard InChI is InChI=1S/C14H22N2O4S/c1-5-11-6-7-12(8-13(11)15)21(18,19)16(10(2)3)9-14(17)20-4/h6-8,10H,5,9,15H2,1-4H3. The number of nitrogens with zero attached hydrogens (tertiary/aromatic N) is 1. The Kier molecular flexibility index (Phi) is 5.74. The number of sulfonamides is 1. The molecule has 0 saturated heterocycles. The number of nitrogens with two attached hydrogens (primary N) is 1. The van der Waals surface area contributed by atoms with E-state index < -0.39 is 16.0 Å². The Balaban J connectivity index is 3.23. The molecule has 0 bridgehead atoms. The molecule has 0 heterocycles. The third-order valence-corrected chi connectivity index (χ3v) is 5.21. The van der Waals surface area contributed by atoms with Crippen LogP contribution in [0.3, 0.4) is 0 Å². The first-order valence-corrected chi connectivity index (χ1v) is 8.15. The monoisotopic (exact) mass is 314 g/mol. The fourth-order valence-corrected chi connectivity index (χ4v) is 3.54. The first kappa shape index (κ1) is 17.5. The number of rotatable bonds is 6. The predicted octanol–water partition coefficient (Wildman–Crippen LogP) is 1.40. The lowest BCUT2D eigenvalue weighted by atomic mass is 10.1. The summed E-state index contributed by atoms with van der Waals surface area (Å²) in [5, 5.41) is 0. The van der Waals surface area contributed by atoms with Crippen molar-refractivity contribution in [1.82, 2.24) is 4.31 Å². The van der Waals surface area contributed by atoms with Crippen molar-refractivity contribution < 1.29 is 17.9 Å². The summed E-state index contributed by atoms with van der Waals surface area (Å²) in [7, 11) is -2.58. The highest BCUT2D eigenvalue weighted by atomic mass is 32.2. The maximum absolute atomic E-state index is 12.6. The van der Waals surface area contributed by atoms with Gasteiger partial charge in [0, 0.05) is 11.7 Å². The second-order valence-corrected chi connectivity index (χ2v) is 6.82. The molecule has 0 unspecified atom stereocenters. The van der Waals surface area contributed by atoms with Crippen LogP contribution in [0.5, 0.6) is 0 Å². The number of ether oxygens (including phenoxy) is 1. The van der Waals surface area contributed by atoms with Crippen LogP contribution in [0.1, 0.15) is 26.3 Å². The van der Waals surface area contributed by atoms with Crippen LogP contribution in [0.15, 0.2) is 23.1 Å². The lowest BCUT2D eigenvalue weighted by molar-refractivity contribution is -0.141. The van der Waals surface area contributed by atoms with E-state index in [4.69, 9.17) is 5.73 Å². The van der Waals surface area contributed by atoms with Crippen LogP contribution < -0.4 is 5.73 Å². The summed E-state index contributed by atoms with van der Waals surface area (Å²) in [6.07, 6.45) is 0.724. The molecule has 2 N–H and O–H groups in total. The number of aryl methyl sites for hydroxylation is 1. The largest absolute Gasteiger partial charge is 0.468 e. The zero-order valence-electron chi connectivity index (χ0n) is 12.8. The second-order valence-electron chi connectivity index (χ2n) is 4.93. The third kappa shape index (κ3) is 3.95. The highest BCUT2D eigenvalue weighted by Gasteiger charge is 2.29. The third-order valence-electron chi connectivity index (χ3n) is 3.19. The van der Waals surface area contributed by atoms with Crippen molar-refractivity contribution in [2.75, 3.05) is 19.4 Å². The van der Waals surface area contributed by atoms with Crippen LogP contribution in [0.25, 0.3) is 0 Å². The van der Waals surface area contributed by atoms with E-state index in [1.807, 2.05) is 6.92 Å². The number of carbonyl (C=O) groups excluding carboxylic acids is 1. The highest BCUT2D eigenvalue weighted by molar-refractivity contribution is 7.89. The highest BCUT2D eigenvalue weighted by Crippen LogP contribution is 2.23. The quantitative estimate of drug-likeness (QED) is 0.633. The van der Waals surface area contributed by atoms with Gasteiger partial charge in [-0.05, 0) is 38.0 Å². The van der Waals surface area contributed by atoms with Crippen molar-refractivity contribution in [3.8, 4) is 0 Å². The van der Waals surface area contributed by atoms with E-state index in [1.54, 1.807) is 19.9 Å². The number of carbonyl (C=O) groups is 1. The number of anilines is 1. The minimum absolute atomic E-state index is 0.0785. The molecular formula is C14H22N2O4S. The van der Waals surface area contributed by atoms with Gasteiger partial charge >= 0.3 is 5.97 Å². The van der Waals surface area contributed by atoms with Crippen molar-refractivity contribution in [2.24, 2.45) is 0 Å². The van der Waals surface area contributed by atoms with Gasteiger partial charge in [-0.3, -0.25) is 4.79 Å². The Morgan fingerprint density at radius 3 is 2.43 bits per heavy atom. The van der Waals surface area contributed by atoms with Gasteiger partial charge < -0.3 is 10.5 Å². The van der Waals surface area contributed by atoms with Crippen LogP contribution in [-0.2, 0) is 26.0 Å². The van der Waals surface area contributed by atoms with Gasteiger partial charge in [0.15, 0.2) is 0 Å². The van der Waals surface area contributed by atoms with Gasteiger partial charge in [0.2, 0.25) is 10.0 Å². The smallest absolute Gasteiger partial charge is 0.321 e. The molecule has 0 aliphatic carbocycles. The number of nitrogen functional groups attached to an aromatic ring is 1. The fraction of sp³-hybridized carbons (Fsp3) is 0.500. The van der Waals surface area contributed by atoms with E-state index in [1.165, 1.54) is 19.2 Å². The molecule has 6 nitrogen and oxygen atoms in total. The maximum Gasteiger partial charge on any atom is 0.321 e. The van der Waals surface area contributed by atoms with Gasteiger partial charge in [-0.25, -0.2) is 8.42 Å². The number of hydrogen-bond acceptors (Lipinski definition) is 5. The minimum Gasteiger partial charge on any atom is -0.468 e. The maximum atomic E-state index is 12.6.